The maximum atomic E-state index is 11.3. The topological polar surface area (TPSA) is 88.6 Å². The minimum absolute atomic E-state index is 0.122. The van der Waals surface area contributed by atoms with Crippen molar-refractivity contribution in [3.8, 4) is 0 Å². The van der Waals surface area contributed by atoms with Crippen molar-refractivity contribution in [2.45, 2.75) is 19.8 Å². The van der Waals surface area contributed by atoms with E-state index in [1.165, 1.54) is 11.3 Å². The molecule has 108 valence electrons. The first-order valence-corrected chi connectivity index (χ1v) is 7.14. The highest BCUT2D eigenvalue weighted by Crippen LogP contribution is 2.21. The SMILES string of the molecule is CCOC(=O)CCc1csc(N2CC(=O)NC(=O)C2)n1. The Balaban J connectivity index is 1.93. The molecule has 2 rings (SSSR count). The molecule has 1 fully saturated rings. The molecule has 1 aliphatic heterocycles. The summed E-state index contributed by atoms with van der Waals surface area (Å²) in [7, 11) is 0. The fourth-order valence-corrected chi connectivity index (χ4v) is 2.65. The average molecular weight is 297 g/mol. The van der Waals surface area contributed by atoms with E-state index in [2.05, 4.69) is 10.3 Å². The molecule has 1 aromatic rings. The number of imide groups is 1. The molecule has 8 heteroatoms. The van der Waals surface area contributed by atoms with Gasteiger partial charge < -0.3 is 9.64 Å². The van der Waals surface area contributed by atoms with Crippen LogP contribution in [-0.2, 0) is 25.5 Å². The smallest absolute Gasteiger partial charge is 0.306 e. The van der Waals surface area contributed by atoms with Crippen LogP contribution in [0.2, 0.25) is 0 Å². The molecule has 0 unspecified atom stereocenters. The van der Waals surface area contributed by atoms with Gasteiger partial charge in [0.25, 0.3) is 0 Å². The lowest BCUT2D eigenvalue weighted by Crippen LogP contribution is -2.51. The number of hydrogen-bond acceptors (Lipinski definition) is 7. The van der Waals surface area contributed by atoms with E-state index in [-0.39, 0.29) is 37.3 Å². The molecule has 0 saturated carbocycles. The number of piperazine rings is 1. The van der Waals surface area contributed by atoms with Crippen LogP contribution in [0, 0.1) is 0 Å². The Hall–Kier alpha value is -1.96. The average Bonchev–Trinajstić information content (AvgIpc) is 2.84. The number of nitrogens with one attached hydrogen (secondary N) is 1. The van der Waals surface area contributed by atoms with Gasteiger partial charge in [-0.05, 0) is 6.92 Å². The highest BCUT2D eigenvalue weighted by atomic mass is 32.1. The van der Waals surface area contributed by atoms with Crippen LogP contribution < -0.4 is 10.2 Å². The van der Waals surface area contributed by atoms with Crippen molar-refractivity contribution < 1.29 is 19.1 Å². The molecule has 7 nitrogen and oxygen atoms in total. The number of aromatic nitrogens is 1. The van der Waals surface area contributed by atoms with Crippen LogP contribution in [0.4, 0.5) is 5.13 Å². The molecule has 0 aliphatic carbocycles. The van der Waals surface area contributed by atoms with Gasteiger partial charge in [0.1, 0.15) is 13.1 Å². The molecule has 0 radical (unpaired) electrons. The van der Waals surface area contributed by atoms with Crippen LogP contribution in [0.3, 0.4) is 0 Å². The normalized spacial score (nSPS) is 15.2. The van der Waals surface area contributed by atoms with E-state index >= 15 is 0 Å². The van der Waals surface area contributed by atoms with Crippen molar-refractivity contribution in [1.29, 1.82) is 0 Å². The van der Waals surface area contributed by atoms with E-state index < -0.39 is 0 Å². The first-order chi connectivity index (χ1) is 9.58. The van der Waals surface area contributed by atoms with Crippen molar-refractivity contribution in [1.82, 2.24) is 10.3 Å². The van der Waals surface area contributed by atoms with E-state index in [0.717, 1.165) is 5.69 Å². The summed E-state index contributed by atoms with van der Waals surface area (Å²) < 4.78 is 4.84. The molecule has 0 spiro atoms. The Morgan fingerprint density at radius 2 is 2.15 bits per heavy atom. The Morgan fingerprint density at radius 1 is 1.45 bits per heavy atom. The predicted octanol–water partition coefficient (Wildman–Crippen LogP) is 0.102. The van der Waals surface area contributed by atoms with Gasteiger partial charge in [-0.1, -0.05) is 0 Å². The highest BCUT2D eigenvalue weighted by Gasteiger charge is 2.24. The Bertz CT molecular complexity index is 513. The summed E-state index contributed by atoms with van der Waals surface area (Å²) in [5, 5.41) is 4.68. The first kappa shape index (κ1) is 14.4. The summed E-state index contributed by atoms with van der Waals surface area (Å²) in [6.07, 6.45) is 0.764. The van der Waals surface area contributed by atoms with Gasteiger partial charge in [-0.2, -0.15) is 0 Å². The third-order valence-corrected chi connectivity index (χ3v) is 3.60. The zero-order chi connectivity index (χ0) is 14.5. The molecule has 1 aliphatic rings. The van der Waals surface area contributed by atoms with E-state index in [1.807, 2.05) is 5.38 Å². The van der Waals surface area contributed by atoms with Crippen molar-refractivity contribution in [2.75, 3.05) is 24.6 Å². The number of amides is 2. The number of thiazole rings is 1. The molecule has 1 aromatic heterocycles. The number of hydrogen-bond donors (Lipinski definition) is 1. The largest absolute Gasteiger partial charge is 0.466 e. The van der Waals surface area contributed by atoms with Gasteiger partial charge in [-0.3, -0.25) is 19.7 Å². The highest BCUT2D eigenvalue weighted by molar-refractivity contribution is 7.13. The van der Waals surface area contributed by atoms with Gasteiger partial charge in [0.05, 0.1) is 18.7 Å². The van der Waals surface area contributed by atoms with Crippen molar-refractivity contribution in [3.05, 3.63) is 11.1 Å². The van der Waals surface area contributed by atoms with E-state index in [1.54, 1.807) is 11.8 Å². The predicted molar refractivity (Wildman–Crippen MR) is 72.4 cm³/mol. The second-order valence-electron chi connectivity index (χ2n) is 4.25. The number of carbonyl (C=O) groups is 3. The number of rotatable bonds is 5. The monoisotopic (exact) mass is 297 g/mol. The van der Waals surface area contributed by atoms with Crippen LogP contribution in [0.5, 0.6) is 0 Å². The molecular formula is C12H15N3O4S. The Labute approximate surface area is 119 Å². The molecule has 0 aromatic carbocycles. The zero-order valence-corrected chi connectivity index (χ0v) is 11.9. The molecule has 2 amide bonds. The summed E-state index contributed by atoms with van der Waals surface area (Å²) in [6, 6.07) is 0. The summed E-state index contributed by atoms with van der Waals surface area (Å²) >= 11 is 1.36. The maximum Gasteiger partial charge on any atom is 0.306 e. The minimum Gasteiger partial charge on any atom is -0.466 e. The maximum absolute atomic E-state index is 11.3. The van der Waals surface area contributed by atoms with E-state index in [0.29, 0.717) is 18.2 Å². The lowest BCUT2D eigenvalue weighted by atomic mass is 10.2. The summed E-state index contributed by atoms with van der Waals surface area (Å²) in [4.78, 5) is 39.8. The first-order valence-electron chi connectivity index (χ1n) is 6.26. The molecule has 0 bridgehead atoms. The van der Waals surface area contributed by atoms with Crippen LogP contribution in [0.1, 0.15) is 19.0 Å². The number of nitrogens with zero attached hydrogens (tertiary/aromatic N) is 2. The Kier molecular flexibility index (Phi) is 4.67. The van der Waals surface area contributed by atoms with Crippen molar-refractivity contribution in [3.63, 3.8) is 0 Å². The lowest BCUT2D eigenvalue weighted by Gasteiger charge is -2.24. The van der Waals surface area contributed by atoms with Gasteiger partial charge in [-0.25, -0.2) is 4.98 Å². The summed E-state index contributed by atoms with van der Waals surface area (Å²) in [5.41, 5.74) is 0.761. The number of anilines is 1. The van der Waals surface area contributed by atoms with Gasteiger partial charge in [0.15, 0.2) is 5.13 Å². The molecule has 1 N–H and O–H groups in total. The fourth-order valence-electron chi connectivity index (χ4n) is 1.79. The molecule has 20 heavy (non-hydrogen) atoms. The Morgan fingerprint density at radius 3 is 2.80 bits per heavy atom. The third kappa shape index (κ3) is 3.77. The lowest BCUT2D eigenvalue weighted by molar-refractivity contribution is -0.143. The van der Waals surface area contributed by atoms with Gasteiger partial charge >= 0.3 is 5.97 Å². The van der Waals surface area contributed by atoms with Crippen LogP contribution >= 0.6 is 11.3 Å². The quantitative estimate of drug-likeness (QED) is 0.612. The van der Waals surface area contributed by atoms with Crippen LogP contribution in [0.25, 0.3) is 0 Å². The van der Waals surface area contributed by atoms with Crippen LogP contribution in [-0.4, -0.2) is 42.5 Å². The molecule has 1 saturated heterocycles. The number of ether oxygens (including phenoxy) is 1. The van der Waals surface area contributed by atoms with Crippen molar-refractivity contribution in [2.24, 2.45) is 0 Å². The van der Waals surface area contributed by atoms with E-state index in [9.17, 15) is 14.4 Å². The van der Waals surface area contributed by atoms with Crippen molar-refractivity contribution >= 4 is 34.3 Å². The molecule has 0 atom stereocenters. The second-order valence-corrected chi connectivity index (χ2v) is 5.09. The fraction of sp³-hybridized carbons (Fsp3) is 0.500. The second kappa shape index (κ2) is 6.47. The summed E-state index contributed by atoms with van der Waals surface area (Å²) in [6.45, 7) is 2.37. The number of aryl methyl sites for hydroxylation is 1. The standard InChI is InChI=1S/C12H15N3O4S/c1-2-19-11(18)4-3-8-7-20-12(13-8)15-5-9(16)14-10(17)6-15/h7H,2-6H2,1H3,(H,14,16,17). The van der Waals surface area contributed by atoms with E-state index in [4.69, 9.17) is 4.74 Å². The number of esters is 1. The third-order valence-electron chi connectivity index (χ3n) is 2.65. The summed E-state index contributed by atoms with van der Waals surface area (Å²) in [5.74, 6) is -0.913. The zero-order valence-electron chi connectivity index (χ0n) is 11.0. The van der Waals surface area contributed by atoms with Gasteiger partial charge in [-0.15, -0.1) is 11.3 Å². The molecule has 2 heterocycles. The molecular weight excluding hydrogens is 282 g/mol. The van der Waals surface area contributed by atoms with Gasteiger partial charge in [0, 0.05) is 11.8 Å². The van der Waals surface area contributed by atoms with Crippen LogP contribution in [0.15, 0.2) is 5.38 Å². The van der Waals surface area contributed by atoms with Gasteiger partial charge in [0.2, 0.25) is 11.8 Å². The minimum atomic E-state index is -0.329. The number of carbonyl (C=O) groups excluding carboxylic acids is 3.